The van der Waals surface area contributed by atoms with E-state index in [-0.39, 0.29) is 24.5 Å². The summed E-state index contributed by atoms with van der Waals surface area (Å²) in [4.78, 5) is 12.2. The standard InChI is InChI=1S/C13H18N4O2/c1-7(2)11(6-18)15-13(19)12-9-5-8(14)3-4-10(9)16-17-12/h3-5,7,11,18H,6,14H2,1-2H3,(H,15,19)(H,16,17)/t11-/m1/s1. The Bertz CT molecular complexity index is 591. The van der Waals surface area contributed by atoms with E-state index >= 15 is 0 Å². The molecule has 0 aliphatic carbocycles. The number of nitrogens with two attached hydrogens (primary N) is 1. The van der Waals surface area contributed by atoms with Crippen molar-refractivity contribution in [2.24, 2.45) is 5.92 Å². The van der Waals surface area contributed by atoms with Gasteiger partial charge in [-0.05, 0) is 24.1 Å². The number of H-pyrrole nitrogens is 1. The summed E-state index contributed by atoms with van der Waals surface area (Å²) in [7, 11) is 0. The number of benzene rings is 1. The summed E-state index contributed by atoms with van der Waals surface area (Å²) in [6.45, 7) is 3.76. The number of aliphatic hydroxyl groups is 1. The first-order chi connectivity index (χ1) is 9.02. The van der Waals surface area contributed by atoms with Gasteiger partial charge in [0.1, 0.15) is 0 Å². The molecule has 102 valence electrons. The van der Waals surface area contributed by atoms with Crippen molar-refractivity contribution in [3.05, 3.63) is 23.9 Å². The molecule has 0 saturated heterocycles. The van der Waals surface area contributed by atoms with Gasteiger partial charge in [-0.25, -0.2) is 0 Å². The van der Waals surface area contributed by atoms with Gasteiger partial charge in [-0.15, -0.1) is 0 Å². The Hall–Kier alpha value is -2.08. The minimum absolute atomic E-state index is 0.103. The lowest BCUT2D eigenvalue weighted by atomic mass is 10.1. The van der Waals surface area contributed by atoms with Crippen molar-refractivity contribution in [1.82, 2.24) is 15.5 Å². The number of anilines is 1. The summed E-state index contributed by atoms with van der Waals surface area (Å²) in [5.41, 5.74) is 7.34. The molecule has 0 radical (unpaired) electrons. The predicted molar refractivity (Wildman–Crippen MR) is 73.7 cm³/mol. The minimum atomic E-state index is -0.315. The van der Waals surface area contributed by atoms with E-state index in [0.29, 0.717) is 16.8 Å². The van der Waals surface area contributed by atoms with E-state index in [1.54, 1.807) is 18.2 Å². The molecule has 1 amide bonds. The van der Waals surface area contributed by atoms with Gasteiger partial charge in [0.05, 0.1) is 18.2 Å². The average Bonchev–Trinajstić information content (AvgIpc) is 2.78. The number of carbonyl (C=O) groups excluding carboxylic acids is 1. The second-order valence-corrected chi connectivity index (χ2v) is 4.88. The molecule has 0 aliphatic rings. The number of amides is 1. The van der Waals surface area contributed by atoms with Gasteiger partial charge < -0.3 is 16.2 Å². The van der Waals surface area contributed by atoms with Crippen LogP contribution in [0.15, 0.2) is 18.2 Å². The minimum Gasteiger partial charge on any atom is -0.399 e. The summed E-state index contributed by atoms with van der Waals surface area (Å²) < 4.78 is 0. The van der Waals surface area contributed by atoms with Crippen LogP contribution in [0.25, 0.3) is 10.9 Å². The van der Waals surface area contributed by atoms with E-state index in [1.807, 2.05) is 13.8 Å². The normalized spacial score (nSPS) is 12.8. The number of hydrogen-bond donors (Lipinski definition) is 4. The Labute approximate surface area is 111 Å². The quantitative estimate of drug-likeness (QED) is 0.614. The van der Waals surface area contributed by atoms with E-state index in [0.717, 1.165) is 5.52 Å². The van der Waals surface area contributed by atoms with Crippen LogP contribution in [0, 0.1) is 5.92 Å². The molecule has 0 spiro atoms. The smallest absolute Gasteiger partial charge is 0.272 e. The maximum absolute atomic E-state index is 12.2. The third-order valence-electron chi connectivity index (χ3n) is 3.12. The predicted octanol–water partition coefficient (Wildman–Crippen LogP) is 0.892. The molecule has 5 N–H and O–H groups in total. The van der Waals surface area contributed by atoms with Crippen molar-refractivity contribution in [1.29, 1.82) is 0 Å². The Kier molecular flexibility index (Phi) is 3.71. The molecule has 0 saturated carbocycles. The maximum atomic E-state index is 12.2. The van der Waals surface area contributed by atoms with Crippen LogP contribution in [0.4, 0.5) is 5.69 Å². The van der Waals surface area contributed by atoms with Crippen LogP contribution in [-0.2, 0) is 0 Å². The Morgan fingerprint density at radius 1 is 1.53 bits per heavy atom. The lowest BCUT2D eigenvalue weighted by Gasteiger charge is -2.19. The number of rotatable bonds is 4. The van der Waals surface area contributed by atoms with Crippen LogP contribution in [0.3, 0.4) is 0 Å². The highest BCUT2D eigenvalue weighted by molar-refractivity contribution is 6.05. The number of fused-ring (bicyclic) bond motifs is 1. The summed E-state index contributed by atoms with van der Waals surface area (Å²) in [6, 6.07) is 4.94. The van der Waals surface area contributed by atoms with Crippen LogP contribution >= 0.6 is 0 Å². The van der Waals surface area contributed by atoms with E-state index in [2.05, 4.69) is 15.5 Å². The Morgan fingerprint density at radius 2 is 2.26 bits per heavy atom. The lowest BCUT2D eigenvalue weighted by Crippen LogP contribution is -2.41. The fourth-order valence-corrected chi connectivity index (χ4v) is 1.86. The molecule has 6 heteroatoms. The molecular formula is C13H18N4O2. The summed E-state index contributed by atoms with van der Waals surface area (Å²) in [5.74, 6) is -0.172. The molecule has 1 atom stereocenters. The number of hydrogen-bond acceptors (Lipinski definition) is 4. The number of aromatic amines is 1. The first kappa shape index (κ1) is 13.4. The Balaban J connectivity index is 2.29. The molecule has 2 rings (SSSR count). The third-order valence-corrected chi connectivity index (χ3v) is 3.12. The van der Waals surface area contributed by atoms with Crippen LogP contribution in [-0.4, -0.2) is 33.9 Å². The number of nitrogens with zero attached hydrogens (tertiary/aromatic N) is 1. The monoisotopic (exact) mass is 262 g/mol. The van der Waals surface area contributed by atoms with Gasteiger partial charge >= 0.3 is 0 Å². The van der Waals surface area contributed by atoms with Gasteiger partial charge in [-0.1, -0.05) is 13.8 Å². The van der Waals surface area contributed by atoms with E-state index in [1.165, 1.54) is 0 Å². The average molecular weight is 262 g/mol. The van der Waals surface area contributed by atoms with E-state index in [4.69, 9.17) is 5.73 Å². The Morgan fingerprint density at radius 3 is 2.89 bits per heavy atom. The molecule has 0 bridgehead atoms. The van der Waals surface area contributed by atoms with Crippen molar-refractivity contribution < 1.29 is 9.90 Å². The second-order valence-electron chi connectivity index (χ2n) is 4.88. The first-order valence-electron chi connectivity index (χ1n) is 6.18. The number of nitrogen functional groups attached to an aromatic ring is 1. The molecule has 1 aromatic heterocycles. The summed E-state index contributed by atoms with van der Waals surface area (Å²) >= 11 is 0. The van der Waals surface area contributed by atoms with Crippen LogP contribution in [0.2, 0.25) is 0 Å². The van der Waals surface area contributed by atoms with Gasteiger partial charge in [0, 0.05) is 11.1 Å². The largest absolute Gasteiger partial charge is 0.399 e. The third kappa shape index (κ3) is 2.68. The molecule has 2 aromatic rings. The molecule has 0 aliphatic heterocycles. The van der Waals surface area contributed by atoms with Crippen molar-refractivity contribution in [3.63, 3.8) is 0 Å². The van der Waals surface area contributed by atoms with E-state index in [9.17, 15) is 9.90 Å². The molecule has 0 fully saturated rings. The second kappa shape index (κ2) is 5.27. The topological polar surface area (TPSA) is 104 Å². The van der Waals surface area contributed by atoms with Crippen LogP contribution in [0.1, 0.15) is 24.3 Å². The van der Waals surface area contributed by atoms with Crippen molar-refractivity contribution in [2.75, 3.05) is 12.3 Å². The number of carbonyl (C=O) groups is 1. The van der Waals surface area contributed by atoms with Gasteiger partial charge in [0.2, 0.25) is 0 Å². The zero-order valence-corrected chi connectivity index (χ0v) is 11.0. The van der Waals surface area contributed by atoms with Gasteiger partial charge in [0.25, 0.3) is 5.91 Å². The van der Waals surface area contributed by atoms with Crippen molar-refractivity contribution >= 4 is 22.5 Å². The summed E-state index contributed by atoms with van der Waals surface area (Å²) in [5, 5.41) is 19.5. The molecule has 1 heterocycles. The number of aromatic nitrogens is 2. The fraction of sp³-hybridized carbons (Fsp3) is 0.385. The highest BCUT2D eigenvalue weighted by atomic mass is 16.3. The highest BCUT2D eigenvalue weighted by Gasteiger charge is 2.19. The fourth-order valence-electron chi connectivity index (χ4n) is 1.86. The van der Waals surface area contributed by atoms with Crippen LogP contribution in [0.5, 0.6) is 0 Å². The maximum Gasteiger partial charge on any atom is 0.272 e. The van der Waals surface area contributed by atoms with Gasteiger partial charge in [-0.3, -0.25) is 9.89 Å². The lowest BCUT2D eigenvalue weighted by molar-refractivity contribution is 0.0893. The van der Waals surface area contributed by atoms with Crippen LogP contribution < -0.4 is 11.1 Å². The molecule has 19 heavy (non-hydrogen) atoms. The van der Waals surface area contributed by atoms with Gasteiger partial charge in [0.15, 0.2) is 5.69 Å². The number of nitrogens with one attached hydrogen (secondary N) is 2. The molecular weight excluding hydrogens is 244 g/mol. The zero-order valence-electron chi connectivity index (χ0n) is 11.0. The van der Waals surface area contributed by atoms with Crippen molar-refractivity contribution in [3.8, 4) is 0 Å². The summed E-state index contributed by atoms with van der Waals surface area (Å²) in [6.07, 6.45) is 0. The highest BCUT2D eigenvalue weighted by Crippen LogP contribution is 2.19. The SMILES string of the molecule is CC(C)[C@@H](CO)NC(=O)c1n[nH]c2ccc(N)cc12. The molecule has 0 unspecified atom stereocenters. The van der Waals surface area contributed by atoms with Gasteiger partial charge in [-0.2, -0.15) is 5.10 Å². The van der Waals surface area contributed by atoms with E-state index < -0.39 is 0 Å². The first-order valence-corrected chi connectivity index (χ1v) is 6.18. The molecule has 1 aromatic carbocycles. The number of aliphatic hydroxyl groups excluding tert-OH is 1. The van der Waals surface area contributed by atoms with Crippen molar-refractivity contribution in [2.45, 2.75) is 19.9 Å². The molecule has 6 nitrogen and oxygen atoms in total. The zero-order chi connectivity index (χ0) is 14.0.